The number of aliphatic carboxylic acids is 1. The van der Waals surface area contributed by atoms with E-state index in [4.69, 9.17) is 11.5 Å². The van der Waals surface area contributed by atoms with E-state index in [-0.39, 0.29) is 12.6 Å². The third-order valence-corrected chi connectivity index (χ3v) is 3.34. The minimum atomic E-state index is -1.11. The van der Waals surface area contributed by atoms with Gasteiger partial charge >= 0.3 is 12.0 Å². The second kappa shape index (κ2) is 6.75. The number of carbonyl (C=O) groups is 2. The van der Waals surface area contributed by atoms with Crippen LogP contribution in [0.4, 0.5) is 4.79 Å². The van der Waals surface area contributed by atoms with Gasteiger partial charge in [0.15, 0.2) is 0 Å². The van der Waals surface area contributed by atoms with Gasteiger partial charge in [-0.2, -0.15) is 0 Å². The van der Waals surface area contributed by atoms with Crippen molar-refractivity contribution in [3.05, 3.63) is 16.1 Å². The monoisotopic (exact) mass is 281 g/mol. The average Bonchev–Trinajstić information content (AvgIpc) is 2.74. The first kappa shape index (κ1) is 15.0. The van der Waals surface area contributed by atoms with Crippen molar-refractivity contribution >= 4 is 23.3 Å². The topological polar surface area (TPSA) is 82.5 Å². The molecule has 102 valence electrons. The molecule has 1 rings (SSSR count). The molecule has 1 heterocycles. The molecule has 0 radical (unpaired) electrons. The van der Waals surface area contributed by atoms with Gasteiger partial charge in [0, 0.05) is 11.1 Å². The molecule has 0 aliphatic rings. The van der Waals surface area contributed by atoms with E-state index in [1.54, 1.807) is 13.1 Å². The Morgan fingerprint density at radius 1 is 1.68 bits per heavy atom. The number of rotatable bonds is 5. The average molecular weight is 281 g/mol. The van der Waals surface area contributed by atoms with Crippen LogP contribution in [-0.2, 0) is 4.79 Å². The molecule has 6 nitrogen and oxygen atoms in total. The van der Waals surface area contributed by atoms with Gasteiger partial charge in [0.25, 0.3) is 0 Å². The summed E-state index contributed by atoms with van der Waals surface area (Å²) in [6.07, 6.45) is 6.83. The molecule has 19 heavy (non-hydrogen) atoms. The Kier molecular flexibility index (Phi) is 5.33. The van der Waals surface area contributed by atoms with Crippen molar-refractivity contribution in [3.63, 3.8) is 0 Å². The molecule has 1 atom stereocenters. The minimum Gasteiger partial charge on any atom is -0.480 e. The fraction of sp³-hybridized carbons (Fsp3) is 0.417. The van der Waals surface area contributed by atoms with E-state index in [2.05, 4.69) is 16.2 Å². The maximum Gasteiger partial charge on any atom is 0.323 e. The Labute approximate surface area is 115 Å². The molecular formula is C12H15N3O3S. The number of hydrogen-bond acceptors (Lipinski definition) is 4. The minimum absolute atomic E-state index is 0.0538. The summed E-state index contributed by atoms with van der Waals surface area (Å²) in [5.41, 5.74) is 0. The third kappa shape index (κ3) is 4.60. The van der Waals surface area contributed by atoms with E-state index in [1.807, 2.05) is 6.92 Å². The van der Waals surface area contributed by atoms with Gasteiger partial charge in [0.2, 0.25) is 0 Å². The van der Waals surface area contributed by atoms with E-state index < -0.39 is 18.5 Å². The first-order valence-corrected chi connectivity index (χ1v) is 6.38. The molecule has 1 aromatic heterocycles. The molecule has 7 heteroatoms. The standard InChI is InChI=1S/C12H15N3O3S/c1-4-5-15(7-10(16)17)12(18)14-9(3)11-13-6-8(2)19-11/h1,6,9H,5,7H2,2-3H3,(H,14,18)(H,16,17). The van der Waals surface area contributed by atoms with Crippen LogP contribution in [0, 0.1) is 19.3 Å². The molecular weight excluding hydrogens is 266 g/mol. The lowest BCUT2D eigenvalue weighted by molar-refractivity contribution is -0.137. The van der Waals surface area contributed by atoms with Crippen LogP contribution in [0.5, 0.6) is 0 Å². The van der Waals surface area contributed by atoms with Crippen LogP contribution in [0.3, 0.4) is 0 Å². The highest BCUT2D eigenvalue weighted by Gasteiger charge is 2.19. The number of nitrogens with one attached hydrogen (secondary N) is 1. The van der Waals surface area contributed by atoms with Crippen molar-refractivity contribution in [2.75, 3.05) is 13.1 Å². The van der Waals surface area contributed by atoms with Crippen LogP contribution in [0.25, 0.3) is 0 Å². The lowest BCUT2D eigenvalue weighted by Crippen LogP contribution is -2.43. The number of nitrogens with zero attached hydrogens (tertiary/aromatic N) is 2. The highest BCUT2D eigenvalue weighted by atomic mass is 32.1. The zero-order valence-electron chi connectivity index (χ0n) is 10.7. The molecule has 0 aliphatic heterocycles. The number of thiazole rings is 1. The number of carboxylic acid groups (broad SMARTS) is 1. The van der Waals surface area contributed by atoms with Crippen LogP contribution in [0.1, 0.15) is 22.9 Å². The van der Waals surface area contributed by atoms with Crippen molar-refractivity contribution < 1.29 is 14.7 Å². The van der Waals surface area contributed by atoms with E-state index in [0.717, 1.165) is 14.8 Å². The summed E-state index contributed by atoms with van der Waals surface area (Å²) < 4.78 is 0. The van der Waals surface area contributed by atoms with Crippen molar-refractivity contribution in [1.82, 2.24) is 15.2 Å². The molecule has 0 bridgehead atoms. The predicted octanol–water partition coefficient (Wildman–Crippen LogP) is 1.24. The maximum absolute atomic E-state index is 11.9. The Hall–Kier alpha value is -2.07. The molecule has 0 spiro atoms. The van der Waals surface area contributed by atoms with Crippen LogP contribution < -0.4 is 5.32 Å². The summed E-state index contributed by atoms with van der Waals surface area (Å²) in [5.74, 6) is 1.15. The summed E-state index contributed by atoms with van der Waals surface area (Å²) in [5, 5.41) is 12.2. The molecule has 0 saturated carbocycles. The summed E-state index contributed by atoms with van der Waals surface area (Å²) in [6.45, 7) is 3.22. The number of terminal acetylenes is 1. The SMILES string of the molecule is C#CCN(CC(=O)O)C(=O)NC(C)c1ncc(C)s1. The van der Waals surface area contributed by atoms with Gasteiger partial charge in [-0.1, -0.05) is 5.92 Å². The molecule has 0 aliphatic carbocycles. The van der Waals surface area contributed by atoms with Gasteiger partial charge in [-0.25, -0.2) is 9.78 Å². The summed E-state index contributed by atoms with van der Waals surface area (Å²) in [4.78, 5) is 28.8. The predicted molar refractivity (Wildman–Crippen MR) is 71.8 cm³/mol. The molecule has 1 aromatic rings. The van der Waals surface area contributed by atoms with E-state index in [1.165, 1.54) is 11.3 Å². The number of urea groups is 1. The number of amides is 2. The smallest absolute Gasteiger partial charge is 0.323 e. The molecule has 0 saturated heterocycles. The van der Waals surface area contributed by atoms with E-state index in [9.17, 15) is 9.59 Å². The molecule has 2 N–H and O–H groups in total. The normalized spacial score (nSPS) is 11.4. The van der Waals surface area contributed by atoms with Crippen molar-refractivity contribution in [2.24, 2.45) is 0 Å². The highest BCUT2D eigenvalue weighted by molar-refractivity contribution is 7.11. The number of carbonyl (C=O) groups excluding carboxylic acids is 1. The van der Waals surface area contributed by atoms with Gasteiger partial charge in [-0.05, 0) is 13.8 Å². The zero-order valence-corrected chi connectivity index (χ0v) is 11.5. The summed E-state index contributed by atoms with van der Waals surface area (Å²) in [6, 6.07) is -0.805. The number of hydrogen-bond donors (Lipinski definition) is 2. The van der Waals surface area contributed by atoms with Crippen molar-refractivity contribution in [2.45, 2.75) is 19.9 Å². The third-order valence-electron chi connectivity index (χ3n) is 2.25. The van der Waals surface area contributed by atoms with Gasteiger partial charge in [-0.15, -0.1) is 17.8 Å². The van der Waals surface area contributed by atoms with Crippen molar-refractivity contribution in [3.8, 4) is 12.3 Å². The summed E-state index contributed by atoms with van der Waals surface area (Å²) >= 11 is 1.48. The highest BCUT2D eigenvalue weighted by Crippen LogP contribution is 2.18. The second-order valence-corrected chi connectivity index (χ2v) is 5.20. The fourth-order valence-corrected chi connectivity index (χ4v) is 2.16. The molecule has 2 amide bonds. The lowest BCUT2D eigenvalue weighted by Gasteiger charge is -2.21. The first-order valence-electron chi connectivity index (χ1n) is 5.57. The Morgan fingerprint density at radius 3 is 2.84 bits per heavy atom. The van der Waals surface area contributed by atoms with E-state index in [0.29, 0.717) is 0 Å². The van der Waals surface area contributed by atoms with E-state index >= 15 is 0 Å². The van der Waals surface area contributed by atoms with Crippen molar-refractivity contribution in [1.29, 1.82) is 0 Å². The van der Waals surface area contributed by atoms with Crippen LogP contribution in [0.15, 0.2) is 6.20 Å². The molecule has 0 aromatic carbocycles. The Morgan fingerprint density at radius 2 is 2.37 bits per heavy atom. The van der Waals surface area contributed by atoms with Gasteiger partial charge in [0.1, 0.15) is 11.6 Å². The van der Waals surface area contributed by atoms with Gasteiger partial charge < -0.3 is 15.3 Å². The molecule has 0 fully saturated rings. The van der Waals surface area contributed by atoms with Crippen LogP contribution >= 0.6 is 11.3 Å². The number of aryl methyl sites for hydroxylation is 1. The Balaban J connectivity index is 2.65. The molecule has 1 unspecified atom stereocenters. The fourth-order valence-electron chi connectivity index (χ4n) is 1.38. The zero-order chi connectivity index (χ0) is 14.4. The lowest BCUT2D eigenvalue weighted by atomic mass is 10.3. The second-order valence-electron chi connectivity index (χ2n) is 3.93. The Bertz CT molecular complexity index is 507. The maximum atomic E-state index is 11.9. The van der Waals surface area contributed by atoms with Gasteiger partial charge in [-0.3, -0.25) is 4.79 Å². The van der Waals surface area contributed by atoms with Gasteiger partial charge in [0.05, 0.1) is 12.6 Å². The number of aromatic nitrogens is 1. The number of carboxylic acids is 1. The first-order chi connectivity index (χ1) is 8.93. The summed E-state index contributed by atoms with van der Waals surface area (Å²) in [7, 11) is 0. The van der Waals surface area contributed by atoms with Crippen LogP contribution in [-0.4, -0.2) is 40.1 Å². The quantitative estimate of drug-likeness (QED) is 0.796. The largest absolute Gasteiger partial charge is 0.480 e. The van der Waals surface area contributed by atoms with Crippen LogP contribution in [0.2, 0.25) is 0 Å².